The van der Waals surface area contributed by atoms with Crippen LogP contribution in [0.25, 0.3) is 5.76 Å². The third kappa shape index (κ3) is 5.29. The smallest absolute Gasteiger partial charge is 0.338 e. The summed E-state index contributed by atoms with van der Waals surface area (Å²) in [6.45, 7) is 8.45. The Morgan fingerprint density at radius 1 is 1.08 bits per heavy atom. The van der Waals surface area contributed by atoms with Gasteiger partial charge in [-0.2, -0.15) is 0 Å². The topological polar surface area (TPSA) is 93.1 Å². The molecule has 1 aliphatic heterocycles. The van der Waals surface area contributed by atoms with E-state index in [-0.39, 0.29) is 17.3 Å². The summed E-state index contributed by atoms with van der Waals surface area (Å²) in [6, 6.07) is 14.3. The maximum Gasteiger partial charge on any atom is 0.338 e. The Morgan fingerprint density at radius 3 is 2.38 bits per heavy atom. The Balaban J connectivity index is 1.75. The van der Waals surface area contributed by atoms with Gasteiger partial charge in [0.2, 0.25) is 0 Å². The van der Waals surface area contributed by atoms with E-state index in [1.807, 2.05) is 45.2 Å². The number of esters is 1. The molecule has 4 rings (SSSR count). The molecule has 0 bridgehead atoms. The minimum Gasteiger partial charge on any atom is -0.507 e. The quantitative estimate of drug-likeness (QED) is 0.173. The molecule has 1 saturated heterocycles. The second kappa shape index (κ2) is 11.0. The van der Waals surface area contributed by atoms with E-state index in [0.29, 0.717) is 35.8 Å². The molecule has 1 aromatic heterocycles. The van der Waals surface area contributed by atoms with Crippen molar-refractivity contribution in [1.29, 1.82) is 0 Å². The predicted molar refractivity (Wildman–Crippen MR) is 143 cm³/mol. The minimum atomic E-state index is -0.814. The van der Waals surface area contributed by atoms with E-state index in [2.05, 4.69) is 0 Å². The number of nitrogens with zero attached hydrogens (tertiary/aromatic N) is 1. The SMILES string of the molecule is CCOc1ccc(/C(O)=C2/C(=O)C(=O)N(c3ccc(C(=O)OCC(C)C)cc3)C2c2cccs2)cc1C. The number of anilines is 1. The molecular weight excluding hydrogens is 490 g/mol. The number of hydrogen-bond donors (Lipinski definition) is 1. The molecule has 1 amide bonds. The van der Waals surface area contributed by atoms with Gasteiger partial charge in [-0.25, -0.2) is 4.79 Å². The number of hydrogen-bond acceptors (Lipinski definition) is 7. The van der Waals surface area contributed by atoms with Gasteiger partial charge < -0.3 is 14.6 Å². The lowest BCUT2D eigenvalue weighted by Crippen LogP contribution is -2.29. The molecule has 1 aliphatic rings. The highest BCUT2D eigenvalue weighted by atomic mass is 32.1. The summed E-state index contributed by atoms with van der Waals surface area (Å²) in [7, 11) is 0. The maximum atomic E-state index is 13.3. The minimum absolute atomic E-state index is 0.0106. The van der Waals surface area contributed by atoms with E-state index < -0.39 is 23.7 Å². The van der Waals surface area contributed by atoms with E-state index in [4.69, 9.17) is 9.47 Å². The van der Waals surface area contributed by atoms with Crippen molar-refractivity contribution in [2.24, 2.45) is 5.92 Å². The van der Waals surface area contributed by atoms with Crippen molar-refractivity contribution < 1.29 is 29.0 Å². The first-order chi connectivity index (χ1) is 17.7. The van der Waals surface area contributed by atoms with Crippen LogP contribution in [0, 0.1) is 12.8 Å². The maximum absolute atomic E-state index is 13.3. The highest BCUT2D eigenvalue weighted by molar-refractivity contribution is 7.10. The van der Waals surface area contributed by atoms with Crippen molar-refractivity contribution in [1.82, 2.24) is 0 Å². The van der Waals surface area contributed by atoms with Crippen LogP contribution < -0.4 is 9.64 Å². The molecular formula is C29H29NO6S. The number of aliphatic hydroxyl groups is 1. The fraction of sp³-hybridized carbons (Fsp3) is 0.276. The van der Waals surface area contributed by atoms with Crippen molar-refractivity contribution in [3.8, 4) is 5.75 Å². The van der Waals surface area contributed by atoms with Gasteiger partial charge in [0.1, 0.15) is 17.6 Å². The zero-order valence-corrected chi connectivity index (χ0v) is 22.0. The predicted octanol–water partition coefficient (Wildman–Crippen LogP) is 5.89. The van der Waals surface area contributed by atoms with Crippen LogP contribution in [0.5, 0.6) is 5.75 Å². The molecule has 1 fully saturated rings. The molecule has 0 radical (unpaired) electrons. The summed E-state index contributed by atoms with van der Waals surface area (Å²) in [5.74, 6) is -1.34. The third-order valence-electron chi connectivity index (χ3n) is 5.93. The summed E-state index contributed by atoms with van der Waals surface area (Å²) in [5, 5.41) is 13.1. The van der Waals surface area contributed by atoms with E-state index in [0.717, 1.165) is 10.4 Å². The summed E-state index contributed by atoms with van der Waals surface area (Å²) in [5.41, 5.74) is 2.01. The fourth-order valence-corrected chi connectivity index (χ4v) is 4.99. The van der Waals surface area contributed by atoms with Gasteiger partial charge >= 0.3 is 5.97 Å². The molecule has 8 heteroatoms. The molecule has 1 atom stereocenters. The molecule has 2 heterocycles. The van der Waals surface area contributed by atoms with Gasteiger partial charge in [-0.15, -0.1) is 11.3 Å². The zero-order chi connectivity index (χ0) is 26.7. The largest absolute Gasteiger partial charge is 0.507 e. The Bertz CT molecular complexity index is 1340. The summed E-state index contributed by atoms with van der Waals surface area (Å²) >= 11 is 1.38. The third-order valence-corrected chi connectivity index (χ3v) is 6.86. The molecule has 1 N–H and O–H groups in total. The highest BCUT2D eigenvalue weighted by Gasteiger charge is 2.47. The number of thiophene rings is 1. The van der Waals surface area contributed by atoms with Gasteiger partial charge in [0.05, 0.1) is 24.4 Å². The number of aryl methyl sites for hydroxylation is 1. The highest BCUT2D eigenvalue weighted by Crippen LogP contribution is 2.43. The molecule has 0 aliphatic carbocycles. The van der Waals surface area contributed by atoms with Gasteiger partial charge in [0.15, 0.2) is 0 Å². The van der Waals surface area contributed by atoms with Crippen molar-refractivity contribution in [2.75, 3.05) is 18.1 Å². The van der Waals surface area contributed by atoms with E-state index in [1.165, 1.54) is 16.2 Å². The fourth-order valence-electron chi connectivity index (χ4n) is 4.17. The van der Waals surface area contributed by atoms with Crippen LogP contribution >= 0.6 is 11.3 Å². The lowest BCUT2D eigenvalue weighted by Gasteiger charge is -2.24. The Hall–Kier alpha value is -3.91. The van der Waals surface area contributed by atoms with Crippen molar-refractivity contribution in [3.63, 3.8) is 0 Å². The molecule has 1 unspecified atom stereocenters. The van der Waals surface area contributed by atoms with Crippen molar-refractivity contribution >= 4 is 40.4 Å². The number of Topliss-reactive ketones (excluding diaryl/α,β-unsaturated/α-hetero) is 1. The number of amides is 1. The molecule has 0 spiro atoms. The summed E-state index contributed by atoms with van der Waals surface area (Å²) < 4.78 is 10.9. The summed E-state index contributed by atoms with van der Waals surface area (Å²) in [6.07, 6.45) is 0. The Morgan fingerprint density at radius 2 is 1.78 bits per heavy atom. The van der Waals surface area contributed by atoms with Crippen LogP contribution in [-0.2, 0) is 14.3 Å². The monoisotopic (exact) mass is 519 g/mol. The molecule has 192 valence electrons. The van der Waals surface area contributed by atoms with Crippen molar-refractivity contribution in [2.45, 2.75) is 33.7 Å². The first-order valence-electron chi connectivity index (χ1n) is 12.1. The molecule has 37 heavy (non-hydrogen) atoms. The molecule has 2 aromatic carbocycles. The Labute approximate surface area is 220 Å². The number of aliphatic hydroxyl groups excluding tert-OH is 1. The number of benzene rings is 2. The van der Waals surface area contributed by atoms with Crippen LogP contribution in [0.1, 0.15) is 53.2 Å². The second-order valence-electron chi connectivity index (χ2n) is 9.14. The number of carbonyl (C=O) groups excluding carboxylic acids is 3. The lowest BCUT2D eigenvalue weighted by atomic mass is 9.98. The van der Waals surface area contributed by atoms with Gasteiger partial charge in [-0.3, -0.25) is 14.5 Å². The van der Waals surface area contributed by atoms with E-state index in [9.17, 15) is 19.5 Å². The van der Waals surface area contributed by atoms with Crippen LogP contribution in [0.2, 0.25) is 0 Å². The van der Waals surface area contributed by atoms with Gasteiger partial charge in [0.25, 0.3) is 11.7 Å². The van der Waals surface area contributed by atoms with Gasteiger partial charge in [0, 0.05) is 16.1 Å². The normalized spacial score (nSPS) is 16.9. The number of ether oxygens (including phenoxy) is 2. The number of carbonyl (C=O) groups is 3. The zero-order valence-electron chi connectivity index (χ0n) is 21.2. The first kappa shape index (κ1) is 26.2. The average molecular weight is 520 g/mol. The van der Waals surface area contributed by atoms with Crippen molar-refractivity contribution in [3.05, 3.63) is 87.1 Å². The van der Waals surface area contributed by atoms with Crippen LogP contribution in [-0.4, -0.2) is 36.0 Å². The standard InChI is InChI=1S/C29H29NO6S/c1-5-35-22-13-10-20(15-18(22)4)26(31)24-25(23-7-6-14-37-23)30(28(33)27(24)32)21-11-8-19(9-12-21)29(34)36-16-17(2)3/h6-15,17,25,31H,5,16H2,1-4H3/b26-24-. The second-order valence-corrected chi connectivity index (χ2v) is 10.1. The van der Waals surface area contributed by atoms with E-state index in [1.54, 1.807) is 42.5 Å². The molecule has 3 aromatic rings. The van der Waals surface area contributed by atoms with Crippen LogP contribution in [0.15, 0.2) is 65.6 Å². The molecule has 7 nitrogen and oxygen atoms in total. The number of rotatable bonds is 8. The van der Waals surface area contributed by atoms with Gasteiger partial charge in [-0.05, 0) is 79.2 Å². The van der Waals surface area contributed by atoms with Crippen LogP contribution in [0.3, 0.4) is 0 Å². The van der Waals surface area contributed by atoms with E-state index >= 15 is 0 Å². The average Bonchev–Trinajstić information content (AvgIpc) is 3.50. The number of ketones is 1. The van der Waals surface area contributed by atoms with Gasteiger partial charge in [-0.1, -0.05) is 19.9 Å². The summed E-state index contributed by atoms with van der Waals surface area (Å²) in [4.78, 5) is 41.0. The Kier molecular flexibility index (Phi) is 7.78. The first-order valence-corrected chi connectivity index (χ1v) is 13.0. The van der Waals surface area contributed by atoms with Crippen LogP contribution in [0.4, 0.5) is 5.69 Å². The molecule has 0 saturated carbocycles. The lowest BCUT2D eigenvalue weighted by molar-refractivity contribution is -0.132.